The molecule has 2 atom stereocenters. The molecular formula is C17H20N6O2. The lowest BCUT2D eigenvalue weighted by molar-refractivity contribution is -0.119. The Balaban J connectivity index is 1.70. The van der Waals surface area contributed by atoms with Crippen LogP contribution in [0.4, 0.5) is 5.69 Å². The van der Waals surface area contributed by atoms with E-state index in [-0.39, 0.29) is 18.4 Å². The Labute approximate surface area is 145 Å². The van der Waals surface area contributed by atoms with Crippen LogP contribution in [0.2, 0.25) is 0 Å². The summed E-state index contributed by atoms with van der Waals surface area (Å²) >= 11 is 0. The van der Waals surface area contributed by atoms with E-state index in [0.29, 0.717) is 12.3 Å². The second-order valence-corrected chi connectivity index (χ2v) is 5.98. The standard InChI is InChI=1S/C17H20N6O2/c1-12(10-22-8-7-19-11-22)20-17(25)14-9-15(16(18)24)23(21-14)13-5-3-2-4-6-13/h2-8,11-12,15H,9-10H2,1H3,(H2,18,24)(H,20,25)/t12-,15-/m0/s1. The van der Waals surface area contributed by atoms with E-state index in [9.17, 15) is 9.59 Å². The zero-order valence-corrected chi connectivity index (χ0v) is 13.9. The van der Waals surface area contributed by atoms with E-state index in [0.717, 1.165) is 5.69 Å². The van der Waals surface area contributed by atoms with Crippen molar-refractivity contribution in [1.29, 1.82) is 0 Å². The number of rotatable bonds is 6. The van der Waals surface area contributed by atoms with E-state index >= 15 is 0 Å². The van der Waals surface area contributed by atoms with Crippen molar-refractivity contribution in [3.05, 3.63) is 49.1 Å². The average Bonchev–Trinajstić information content (AvgIpc) is 3.24. The Bertz CT molecular complexity index is 772. The van der Waals surface area contributed by atoms with Crippen LogP contribution in [-0.2, 0) is 16.1 Å². The zero-order valence-electron chi connectivity index (χ0n) is 13.9. The van der Waals surface area contributed by atoms with Crippen molar-refractivity contribution in [2.45, 2.75) is 32.0 Å². The van der Waals surface area contributed by atoms with E-state index in [1.165, 1.54) is 5.01 Å². The van der Waals surface area contributed by atoms with Gasteiger partial charge in [0, 0.05) is 31.4 Å². The van der Waals surface area contributed by atoms with Crippen LogP contribution in [0.25, 0.3) is 0 Å². The maximum Gasteiger partial charge on any atom is 0.267 e. The summed E-state index contributed by atoms with van der Waals surface area (Å²) in [5, 5.41) is 8.74. The number of nitrogens with one attached hydrogen (secondary N) is 1. The molecule has 1 aromatic carbocycles. The van der Waals surface area contributed by atoms with Crippen molar-refractivity contribution in [2.75, 3.05) is 5.01 Å². The van der Waals surface area contributed by atoms with Crippen LogP contribution in [-0.4, -0.2) is 39.2 Å². The fourth-order valence-electron chi connectivity index (χ4n) is 2.75. The summed E-state index contributed by atoms with van der Waals surface area (Å²) in [5.41, 5.74) is 6.50. The molecular weight excluding hydrogens is 320 g/mol. The van der Waals surface area contributed by atoms with Gasteiger partial charge in [0.1, 0.15) is 11.8 Å². The van der Waals surface area contributed by atoms with Crippen molar-refractivity contribution >= 4 is 23.2 Å². The van der Waals surface area contributed by atoms with E-state index in [4.69, 9.17) is 5.73 Å². The number of primary amides is 1. The smallest absolute Gasteiger partial charge is 0.267 e. The van der Waals surface area contributed by atoms with Crippen molar-refractivity contribution in [1.82, 2.24) is 14.9 Å². The second-order valence-electron chi connectivity index (χ2n) is 5.98. The number of carbonyl (C=O) groups excluding carboxylic acids is 2. The van der Waals surface area contributed by atoms with Crippen LogP contribution in [0.5, 0.6) is 0 Å². The van der Waals surface area contributed by atoms with Crippen LogP contribution >= 0.6 is 0 Å². The molecule has 0 saturated carbocycles. The first kappa shape index (κ1) is 16.7. The fourth-order valence-corrected chi connectivity index (χ4v) is 2.75. The molecule has 1 aliphatic rings. The van der Waals surface area contributed by atoms with Crippen molar-refractivity contribution in [3.8, 4) is 0 Å². The Morgan fingerprint density at radius 2 is 2.12 bits per heavy atom. The average molecular weight is 340 g/mol. The van der Waals surface area contributed by atoms with E-state index in [1.807, 2.05) is 48.0 Å². The lowest BCUT2D eigenvalue weighted by Gasteiger charge is -2.20. The van der Waals surface area contributed by atoms with Gasteiger partial charge in [0.25, 0.3) is 5.91 Å². The van der Waals surface area contributed by atoms with E-state index < -0.39 is 11.9 Å². The Hall–Kier alpha value is -3.16. The number of para-hydroxylation sites is 1. The number of hydrazone groups is 1. The summed E-state index contributed by atoms with van der Waals surface area (Å²) in [5.74, 6) is -0.806. The highest BCUT2D eigenvalue weighted by molar-refractivity contribution is 6.40. The number of hydrogen-bond donors (Lipinski definition) is 2. The molecule has 0 unspecified atom stereocenters. The van der Waals surface area contributed by atoms with Crippen LogP contribution in [0.15, 0.2) is 54.2 Å². The summed E-state index contributed by atoms with van der Waals surface area (Å²) < 4.78 is 1.88. The first-order valence-corrected chi connectivity index (χ1v) is 8.02. The highest BCUT2D eigenvalue weighted by Crippen LogP contribution is 2.24. The van der Waals surface area contributed by atoms with Gasteiger partial charge >= 0.3 is 0 Å². The predicted octanol–water partition coefficient (Wildman–Crippen LogP) is 0.508. The molecule has 0 saturated heterocycles. The van der Waals surface area contributed by atoms with Gasteiger partial charge in [0.2, 0.25) is 5.91 Å². The number of nitrogens with zero attached hydrogens (tertiary/aromatic N) is 4. The van der Waals surface area contributed by atoms with Gasteiger partial charge in [0.15, 0.2) is 0 Å². The summed E-state index contributed by atoms with van der Waals surface area (Å²) in [4.78, 5) is 28.2. The van der Waals surface area contributed by atoms with Gasteiger partial charge in [-0.3, -0.25) is 14.6 Å². The minimum atomic E-state index is -0.660. The number of imidazole rings is 1. The number of carbonyl (C=O) groups is 2. The Morgan fingerprint density at radius 1 is 1.36 bits per heavy atom. The molecule has 8 nitrogen and oxygen atoms in total. The number of anilines is 1. The van der Waals surface area contributed by atoms with Crippen molar-refractivity contribution in [3.63, 3.8) is 0 Å². The zero-order chi connectivity index (χ0) is 17.8. The first-order chi connectivity index (χ1) is 12.0. The maximum atomic E-state index is 12.5. The molecule has 2 heterocycles. The lowest BCUT2D eigenvalue weighted by Crippen LogP contribution is -2.41. The molecule has 3 N–H and O–H groups in total. The summed E-state index contributed by atoms with van der Waals surface area (Å²) in [6.45, 7) is 2.49. The molecule has 1 aromatic heterocycles. The van der Waals surface area contributed by atoms with Crippen LogP contribution < -0.4 is 16.1 Å². The molecule has 8 heteroatoms. The molecule has 2 aromatic rings. The third-order valence-corrected chi connectivity index (χ3v) is 3.94. The SMILES string of the molecule is C[C@@H](Cn1ccnc1)NC(=O)C1=NN(c2ccccc2)[C@H](C(N)=O)C1. The summed E-state index contributed by atoms with van der Waals surface area (Å²) in [6.07, 6.45) is 5.39. The van der Waals surface area contributed by atoms with Gasteiger partial charge < -0.3 is 15.6 Å². The predicted molar refractivity (Wildman–Crippen MR) is 93.8 cm³/mol. The van der Waals surface area contributed by atoms with Crippen molar-refractivity contribution < 1.29 is 9.59 Å². The van der Waals surface area contributed by atoms with Crippen LogP contribution in [0, 0.1) is 0 Å². The molecule has 2 amide bonds. The normalized spacial score (nSPS) is 17.9. The molecule has 0 spiro atoms. The molecule has 0 bridgehead atoms. The first-order valence-electron chi connectivity index (χ1n) is 8.02. The quantitative estimate of drug-likeness (QED) is 0.799. The largest absolute Gasteiger partial charge is 0.368 e. The van der Waals surface area contributed by atoms with Crippen molar-refractivity contribution in [2.24, 2.45) is 10.8 Å². The fraction of sp³-hybridized carbons (Fsp3) is 0.294. The van der Waals surface area contributed by atoms with Gasteiger partial charge in [-0.15, -0.1) is 0 Å². The topological polar surface area (TPSA) is 106 Å². The second kappa shape index (κ2) is 7.16. The van der Waals surface area contributed by atoms with Crippen LogP contribution in [0.3, 0.4) is 0 Å². The number of nitrogens with two attached hydrogens (primary N) is 1. The molecule has 0 fully saturated rings. The summed E-state index contributed by atoms with van der Waals surface area (Å²) in [6, 6.07) is 8.43. The highest BCUT2D eigenvalue weighted by atomic mass is 16.2. The third-order valence-electron chi connectivity index (χ3n) is 3.94. The van der Waals surface area contributed by atoms with Crippen LogP contribution in [0.1, 0.15) is 13.3 Å². The number of benzene rings is 1. The van der Waals surface area contributed by atoms with Gasteiger partial charge in [-0.1, -0.05) is 18.2 Å². The van der Waals surface area contributed by atoms with Gasteiger partial charge in [-0.2, -0.15) is 5.10 Å². The minimum absolute atomic E-state index is 0.109. The number of hydrogen-bond acceptors (Lipinski definition) is 5. The van der Waals surface area contributed by atoms with E-state index in [2.05, 4.69) is 15.4 Å². The van der Waals surface area contributed by atoms with Gasteiger partial charge in [-0.05, 0) is 19.1 Å². The molecule has 3 rings (SSSR count). The number of aromatic nitrogens is 2. The molecule has 0 aliphatic carbocycles. The van der Waals surface area contributed by atoms with Gasteiger partial charge in [0.05, 0.1) is 12.0 Å². The minimum Gasteiger partial charge on any atom is -0.368 e. The number of amides is 2. The maximum absolute atomic E-state index is 12.5. The van der Waals surface area contributed by atoms with E-state index in [1.54, 1.807) is 12.5 Å². The molecule has 130 valence electrons. The lowest BCUT2D eigenvalue weighted by atomic mass is 10.1. The monoisotopic (exact) mass is 340 g/mol. The molecule has 1 aliphatic heterocycles. The summed E-state index contributed by atoms with van der Waals surface area (Å²) in [7, 11) is 0. The highest BCUT2D eigenvalue weighted by Gasteiger charge is 2.35. The molecule has 0 radical (unpaired) electrons. The van der Waals surface area contributed by atoms with Gasteiger partial charge in [-0.25, -0.2) is 4.98 Å². The third kappa shape index (κ3) is 3.85. The Kier molecular flexibility index (Phi) is 4.78. The Morgan fingerprint density at radius 3 is 2.76 bits per heavy atom. The molecule has 25 heavy (non-hydrogen) atoms.